The summed E-state index contributed by atoms with van der Waals surface area (Å²) in [5.41, 5.74) is -0.655. The van der Waals surface area contributed by atoms with Crippen molar-refractivity contribution in [1.82, 2.24) is 4.90 Å². The van der Waals surface area contributed by atoms with Gasteiger partial charge in [0.1, 0.15) is 0 Å². The van der Waals surface area contributed by atoms with Gasteiger partial charge < -0.3 is 15.3 Å². The Morgan fingerprint density at radius 3 is 1.69 bits per heavy atom. The summed E-state index contributed by atoms with van der Waals surface area (Å²) in [7, 11) is 0. The van der Waals surface area contributed by atoms with Crippen LogP contribution in [0.25, 0.3) is 0 Å². The van der Waals surface area contributed by atoms with Gasteiger partial charge in [-0.2, -0.15) is 0 Å². The molecule has 0 spiro atoms. The van der Waals surface area contributed by atoms with E-state index in [1.54, 1.807) is 0 Å². The number of aliphatic hydroxyl groups is 3. The Hall–Kier alpha value is -0.160. The lowest BCUT2D eigenvalue weighted by molar-refractivity contribution is -0.0230. The van der Waals surface area contributed by atoms with Crippen LogP contribution in [0.3, 0.4) is 0 Å². The van der Waals surface area contributed by atoms with Crippen LogP contribution >= 0.6 is 0 Å². The highest BCUT2D eigenvalue weighted by molar-refractivity contribution is 4.88. The average molecular weight is 191 g/mol. The second kappa shape index (κ2) is 6.32. The molecule has 0 aliphatic rings. The third-order valence-electron chi connectivity index (χ3n) is 2.60. The van der Waals surface area contributed by atoms with E-state index < -0.39 is 5.54 Å². The number of hydrogen-bond acceptors (Lipinski definition) is 4. The Morgan fingerprint density at radius 1 is 1.00 bits per heavy atom. The Bertz CT molecular complexity index is 122. The van der Waals surface area contributed by atoms with Crippen LogP contribution < -0.4 is 0 Å². The highest BCUT2D eigenvalue weighted by Crippen LogP contribution is 2.18. The van der Waals surface area contributed by atoms with Crippen molar-refractivity contribution in [3.05, 3.63) is 0 Å². The number of hydrogen-bond donors (Lipinski definition) is 3. The fourth-order valence-electron chi connectivity index (χ4n) is 1.67. The zero-order valence-corrected chi connectivity index (χ0v) is 8.53. The number of nitrogens with zero attached hydrogens (tertiary/aromatic N) is 1. The fourth-order valence-corrected chi connectivity index (χ4v) is 1.67. The SMILES string of the molecule is CCN(CC)C(CO)(CO)CCO. The maximum atomic E-state index is 9.23. The first kappa shape index (κ1) is 12.8. The molecule has 4 heteroatoms. The number of rotatable bonds is 7. The third kappa shape index (κ3) is 2.91. The molecule has 0 saturated heterocycles. The lowest BCUT2D eigenvalue weighted by Gasteiger charge is -2.40. The summed E-state index contributed by atoms with van der Waals surface area (Å²) in [6.45, 7) is 5.21. The molecule has 0 aliphatic carbocycles. The van der Waals surface area contributed by atoms with Gasteiger partial charge in [0.15, 0.2) is 0 Å². The molecule has 0 aromatic heterocycles. The van der Waals surface area contributed by atoms with Crippen molar-refractivity contribution >= 4 is 0 Å². The quantitative estimate of drug-likeness (QED) is 0.504. The molecule has 0 atom stereocenters. The van der Waals surface area contributed by atoms with Crippen molar-refractivity contribution in [3.8, 4) is 0 Å². The molecule has 0 fully saturated rings. The minimum absolute atomic E-state index is 0.0162. The maximum absolute atomic E-state index is 9.23. The van der Waals surface area contributed by atoms with Crippen molar-refractivity contribution in [2.24, 2.45) is 0 Å². The highest BCUT2D eigenvalue weighted by Gasteiger charge is 2.33. The van der Waals surface area contributed by atoms with Crippen LogP contribution in [0.15, 0.2) is 0 Å². The Kier molecular flexibility index (Phi) is 6.24. The predicted octanol–water partition coefficient (Wildman–Crippen LogP) is -0.566. The summed E-state index contributed by atoms with van der Waals surface area (Å²) in [5, 5.41) is 27.3. The molecular weight excluding hydrogens is 170 g/mol. The third-order valence-corrected chi connectivity index (χ3v) is 2.60. The maximum Gasteiger partial charge on any atom is 0.0694 e. The molecule has 0 unspecified atom stereocenters. The Labute approximate surface area is 79.8 Å². The second-order valence-electron chi connectivity index (χ2n) is 3.19. The molecule has 0 amide bonds. The number of likely N-dealkylation sites (N-methyl/N-ethyl adjacent to an activating group) is 1. The van der Waals surface area contributed by atoms with E-state index in [-0.39, 0.29) is 19.8 Å². The summed E-state index contributed by atoms with van der Waals surface area (Å²) < 4.78 is 0. The lowest BCUT2D eigenvalue weighted by atomic mass is 9.95. The molecular formula is C9H21NO3. The molecule has 0 rings (SSSR count). The standard InChI is InChI=1S/C9H21NO3/c1-3-10(4-2)9(7-12,8-13)5-6-11/h11-13H,3-8H2,1-2H3. The molecule has 0 saturated carbocycles. The van der Waals surface area contributed by atoms with Gasteiger partial charge in [0.2, 0.25) is 0 Å². The lowest BCUT2D eigenvalue weighted by Crippen LogP contribution is -2.54. The Morgan fingerprint density at radius 2 is 1.46 bits per heavy atom. The first-order valence-electron chi connectivity index (χ1n) is 4.78. The van der Waals surface area contributed by atoms with E-state index in [0.717, 1.165) is 13.1 Å². The monoisotopic (exact) mass is 191 g/mol. The van der Waals surface area contributed by atoms with E-state index >= 15 is 0 Å². The van der Waals surface area contributed by atoms with Crippen LogP contribution in [0.2, 0.25) is 0 Å². The van der Waals surface area contributed by atoms with Crippen molar-refractivity contribution in [2.45, 2.75) is 25.8 Å². The topological polar surface area (TPSA) is 63.9 Å². The van der Waals surface area contributed by atoms with Crippen molar-refractivity contribution < 1.29 is 15.3 Å². The first-order valence-corrected chi connectivity index (χ1v) is 4.78. The van der Waals surface area contributed by atoms with Gasteiger partial charge in [-0.15, -0.1) is 0 Å². The minimum atomic E-state index is -0.655. The molecule has 3 N–H and O–H groups in total. The van der Waals surface area contributed by atoms with Crippen LogP contribution in [0.5, 0.6) is 0 Å². The van der Waals surface area contributed by atoms with Crippen molar-refractivity contribution in [3.63, 3.8) is 0 Å². The summed E-state index contributed by atoms with van der Waals surface area (Å²) in [4.78, 5) is 1.98. The van der Waals surface area contributed by atoms with Crippen LogP contribution in [0.1, 0.15) is 20.3 Å². The minimum Gasteiger partial charge on any atom is -0.396 e. The average Bonchev–Trinajstić information content (AvgIpc) is 2.18. The van der Waals surface area contributed by atoms with Gasteiger partial charge in [0.25, 0.3) is 0 Å². The molecule has 0 heterocycles. The van der Waals surface area contributed by atoms with Gasteiger partial charge in [-0.25, -0.2) is 0 Å². The van der Waals surface area contributed by atoms with Gasteiger partial charge in [-0.05, 0) is 19.5 Å². The first-order chi connectivity index (χ1) is 6.20. The summed E-state index contributed by atoms with van der Waals surface area (Å²) in [6, 6.07) is 0. The van der Waals surface area contributed by atoms with E-state index in [1.807, 2.05) is 18.7 Å². The highest BCUT2D eigenvalue weighted by atomic mass is 16.3. The van der Waals surface area contributed by atoms with Crippen LogP contribution in [0, 0.1) is 0 Å². The molecule has 0 aromatic rings. The van der Waals surface area contributed by atoms with Crippen LogP contribution in [-0.2, 0) is 0 Å². The van der Waals surface area contributed by atoms with Crippen LogP contribution in [0.4, 0.5) is 0 Å². The normalized spacial score (nSPS) is 12.5. The van der Waals surface area contributed by atoms with E-state index in [9.17, 15) is 10.2 Å². The van der Waals surface area contributed by atoms with Gasteiger partial charge >= 0.3 is 0 Å². The molecule has 0 bridgehead atoms. The largest absolute Gasteiger partial charge is 0.396 e. The van der Waals surface area contributed by atoms with Crippen molar-refractivity contribution in [1.29, 1.82) is 0 Å². The van der Waals surface area contributed by atoms with Crippen molar-refractivity contribution in [2.75, 3.05) is 32.9 Å². The molecule has 0 aromatic carbocycles. The fraction of sp³-hybridized carbons (Fsp3) is 1.00. The molecule has 0 radical (unpaired) electrons. The molecule has 13 heavy (non-hydrogen) atoms. The van der Waals surface area contributed by atoms with E-state index in [0.29, 0.717) is 6.42 Å². The molecule has 0 aliphatic heterocycles. The summed E-state index contributed by atoms with van der Waals surface area (Å²) in [5.74, 6) is 0. The second-order valence-corrected chi connectivity index (χ2v) is 3.19. The summed E-state index contributed by atoms with van der Waals surface area (Å²) in [6.07, 6.45) is 0.404. The smallest absolute Gasteiger partial charge is 0.0694 e. The zero-order chi connectivity index (χ0) is 10.3. The number of aliphatic hydroxyl groups excluding tert-OH is 3. The molecule has 80 valence electrons. The van der Waals surface area contributed by atoms with Gasteiger partial charge in [0, 0.05) is 6.61 Å². The van der Waals surface area contributed by atoms with Gasteiger partial charge in [0.05, 0.1) is 18.8 Å². The van der Waals surface area contributed by atoms with E-state index in [1.165, 1.54) is 0 Å². The van der Waals surface area contributed by atoms with Gasteiger partial charge in [-0.1, -0.05) is 13.8 Å². The van der Waals surface area contributed by atoms with E-state index in [2.05, 4.69) is 0 Å². The summed E-state index contributed by atoms with van der Waals surface area (Å²) >= 11 is 0. The van der Waals surface area contributed by atoms with E-state index in [4.69, 9.17) is 5.11 Å². The van der Waals surface area contributed by atoms with Crippen LogP contribution in [-0.4, -0.2) is 58.7 Å². The molecule has 4 nitrogen and oxygen atoms in total. The predicted molar refractivity (Wildman–Crippen MR) is 51.5 cm³/mol. The zero-order valence-electron chi connectivity index (χ0n) is 8.53. The van der Waals surface area contributed by atoms with Gasteiger partial charge in [-0.3, -0.25) is 4.90 Å². The Balaban J connectivity index is 4.50.